The zero-order valence-electron chi connectivity index (χ0n) is 13.1. The van der Waals surface area contributed by atoms with E-state index in [4.69, 9.17) is 0 Å². The lowest BCUT2D eigenvalue weighted by atomic mass is 9.85. The fraction of sp³-hybridized carbons (Fsp3) is 0.600. The normalized spacial score (nSPS) is 14.2. The summed E-state index contributed by atoms with van der Waals surface area (Å²) in [5, 5.41) is 8.77. The first-order valence-electron chi connectivity index (χ1n) is 6.67. The van der Waals surface area contributed by atoms with Crippen molar-refractivity contribution < 1.29 is 0 Å². The van der Waals surface area contributed by atoms with Crippen LogP contribution in [0.4, 0.5) is 11.6 Å². The molecule has 0 N–H and O–H groups in total. The van der Waals surface area contributed by atoms with Crippen LogP contribution in [0, 0.1) is 5.41 Å². The van der Waals surface area contributed by atoms with E-state index in [1.165, 1.54) is 16.7 Å². The highest BCUT2D eigenvalue weighted by Gasteiger charge is 2.28. The zero-order valence-corrected chi connectivity index (χ0v) is 13.1. The summed E-state index contributed by atoms with van der Waals surface area (Å²) in [7, 11) is 8.08. The van der Waals surface area contributed by atoms with Crippen molar-refractivity contribution in [3.8, 4) is 0 Å². The molecule has 4 nitrogen and oxygen atoms in total. The number of hydrogen-bond acceptors (Lipinski definition) is 4. The third-order valence-electron chi connectivity index (χ3n) is 3.57. The van der Waals surface area contributed by atoms with Gasteiger partial charge in [0.1, 0.15) is 0 Å². The topological polar surface area (TPSA) is 32.3 Å². The Morgan fingerprint density at radius 2 is 1.47 bits per heavy atom. The molecule has 0 aliphatic heterocycles. The van der Waals surface area contributed by atoms with E-state index >= 15 is 0 Å². The average Bonchev–Trinajstić information content (AvgIpc) is 2.70. The molecular weight excluding hydrogens is 236 g/mol. The number of allylic oxidation sites excluding steroid dienone is 1. The van der Waals surface area contributed by atoms with Crippen LogP contribution in [0.3, 0.4) is 0 Å². The molecule has 1 aliphatic rings. The van der Waals surface area contributed by atoms with E-state index in [1.807, 2.05) is 38.0 Å². The predicted molar refractivity (Wildman–Crippen MR) is 81.8 cm³/mol. The quantitative estimate of drug-likeness (QED) is 0.818. The van der Waals surface area contributed by atoms with Gasteiger partial charge in [0, 0.05) is 39.3 Å². The smallest absolute Gasteiger partial charge is 0.158 e. The van der Waals surface area contributed by atoms with Gasteiger partial charge in [0.05, 0.1) is 0 Å². The first-order valence-corrected chi connectivity index (χ1v) is 6.67. The fourth-order valence-electron chi connectivity index (χ4n) is 2.38. The fourth-order valence-corrected chi connectivity index (χ4v) is 2.38. The van der Waals surface area contributed by atoms with E-state index in [2.05, 4.69) is 37.0 Å². The van der Waals surface area contributed by atoms with Gasteiger partial charge in [-0.05, 0) is 11.8 Å². The standard InChI is InChI=1S/C15H24N4/c1-15(2,3)10-8-11-12(9-10)14(19(6)7)17-16-13(11)18(4)5/h8H,9H2,1-7H3. The van der Waals surface area contributed by atoms with Gasteiger partial charge in [0.15, 0.2) is 11.6 Å². The molecule has 19 heavy (non-hydrogen) atoms. The summed E-state index contributed by atoms with van der Waals surface area (Å²) >= 11 is 0. The molecule has 104 valence electrons. The molecular formula is C15H24N4. The molecule has 0 spiro atoms. The minimum Gasteiger partial charge on any atom is -0.361 e. The van der Waals surface area contributed by atoms with Gasteiger partial charge in [-0.2, -0.15) is 0 Å². The molecule has 0 atom stereocenters. The first kappa shape index (κ1) is 13.8. The molecule has 0 aromatic carbocycles. The molecule has 1 aliphatic carbocycles. The molecule has 0 bridgehead atoms. The van der Waals surface area contributed by atoms with E-state index in [-0.39, 0.29) is 5.41 Å². The van der Waals surface area contributed by atoms with Crippen LogP contribution in [0.15, 0.2) is 5.57 Å². The van der Waals surface area contributed by atoms with Gasteiger partial charge in [-0.15, -0.1) is 10.2 Å². The van der Waals surface area contributed by atoms with Crippen LogP contribution in [-0.2, 0) is 6.42 Å². The van der Waals surface area contributed by atoms with Crippen LogP contribution in [-0.4, -0.2) is 38.4 Å². The Hall–Kier alpha value is -1.58. The number of rotatable bonds is 2. The average molecular weight is 260 g/mol. The molecule has 4 heteroatoms. The molecule has 0 amide bonds. The molecule has 0 unspecified atom stereocenters. The van der Waals surface area contributed by atoms with E-state index in [1.54, 1.807) is 0 Å². The summed E-state index contributed by atoms with van der Waals surface area (Å²) in [6.45, 7) is 6.78. The van der Waals surface area contributed by atoms with Gasteiger partial charge in [-0.25, -0.2) is 0 Å². The Bertz CT molecular complexity index is 522. The van der Waals surface area contributed by atoms with Crippen molar-refractivity contribution in [3.05, 3.63) is 16.7 Å². The van der Waals surface area contributed by atoms with Crippen LogP contribution < -0.4 is 9.80 Å². The van der Waals surface area contributed by atoms with Gasteiger partial charge in [0.25, 0.3) is 0 Å². The van der Waals surface area contributed by atoms with E-state index in [0.717, 1.165) is 18.1 Å². The van der Waals surface area contributed by atoms with Crippen LogP contribution in [0.1, 0.15) is 31.9 Å². The lowest BCUT2D eigenvalue weighted by Gasteiger charge is -2.21. The number of fused-ring (bicyclic) bond motifs is 1. The molecule has 1 aromatic rings. The maximum absolute atomic E-state index is 4.39. The Kier molecular flexibility index (Phi) is 3.29. The van der Waals surface area contributed by atoms with E-state index in [0.29, 0.717) is 0 Å². The highest BCUT2D eigenvalue weighted by molar-refractivity contribution is 5.77. The van der Waals surface area contributed by atoms with E-state index < -0.39 is 0 Å². The van der Waals surface area contributed by atoms with Crippen LogP contribution in [0.5, 0.6) is 0 Å². The Morgan fingerprint density at radius 3 is 1.95 bits per heavy atom. The minimum atomic E-state index is 0.187. The largest absolute Gasteiger partial charge is 0.361 e. The summed E-state index contributed by atoms with van der Waals surface area (Å²) in [6, 6.07) is 0. The zero-order chi connectivity index (χ0) is 14.4. The van der Waals surface area contributed by atoms with Gasteiger partial charge < -0.3 is 9.80 Å². The first-order chi connectivity index (χ1) is 8.71. The second-order valence-electron chi connectivity index (χ2n) is 6.62. The van der Waals surface area contributed by atoms with Crippen molar-refractivity contribution >= 4 is 17.7 Å². The summed E-state index contributed by atoms with van der Waals surface area (Å²) < 4.78 is 0. The maximum atomic E-state index is 4.39. The Balaban J connectivity index is 2.58. The number of hydrogen-bond donors (Lipinski definition) is 0. The predicted octanol–water partition coefficient (Wildman–Crippen LogP) is 2.59. The minimum absolute atomic E-state index is 0.187. The SMILES string of the molecule is CN(C)c1nnc(N(C)C)c2c1C=C(C(C)(C)C)C2. The van der Waals surface area contributed by atoms with Crippen molar-refractivity contribution in [1.29, 1.82) is 0 Å². The molecule has 0 saturated heterocycles. The Morgan fingerprint density at radius 1 is 0.947 bits per heavy atom. The van der Waals surface area contributed by atoms with Crippen molar-refractivity contribution in [1.82, 2.24) is 10.2 Å². The number of anilines is 2. The maximum Gasteiger partial charge on any atom is 0.158 e. The summed E-state index contributed by atoms with van der Waals surface area (Å²) in [5.41, 5.74) is 4.16. The van der Waals surface area contributed by atoms with Crippen LogP contribution >= 0.6 is 0 Å². The summed E-state index contributed by atoms with van der Waals surface area (Å²) in [5.74, 6) is 1.94. The second-order valence-corrected chi connectivity index (χ2v) is 6.62. The number of nitrogens with zero attached hydrogens (tertiary/aromatic N) is 4. The van der Waals surface area contributed by atoms with E-state index in [9.17, 15) is 0 Å². The van der Waals surface area contributed by atoms with Gasteiger partial charge in [-0.1, -0.05) is 32.4 Å². The molecule has 1 aromatic heterocycles. The third kappa shape index (κ3) is 2.44. The molecule has 2 rings (SSSR count). The lowest BCUT2D eigenvalue weighted by Crippen LogP contribution is -2.19. The van der Waals surface area contributed by atoms with Crippen molar-refractivity contribution in [2.24, 2.45) is 5.41 Å². The highest BCUT2D eigenvalue weighted by atomic mass is 15.3. The monoisotopic (exact) mass is 260 g/mol. The Labute approximate surface area is 116 Å². The lowest BCUT2D eigenvalue weighted by molar-refractivity contribution is 0.498. The molecule has 0 fully saturated rings. The number of aromatic nitrogens is 2. The second kappa shape index (κ2) is 4.51. The van der Waals surface area contributed by atoms with Gasteiger partial charge in [0.2, 0.25) is 0 Å². The highest BCUT2D eigenvalue weighted by Crippen LogP contribution is 2.41. The molecule has 1 heterocycles. The molecule has 0 saturated carbocycles. The van der Waals surface area contributed by atoms with Gasteiger partial charge in [-0.3, -0.25) is 0 Å². The van der Waals surface area contributed by atoms with Crippen molar-refractivity contribution in [3.63, 3.8) is 0 Å². The van der Waals surface area contributed by atoms with Crippen LogP contribution in [0.2, 0.25) is 0 Å². The summed E-state index contributed by atoms with van der Waals surface area (Å²) in [4.78, 5) is 4.08. The molecule has 0 radical (unpaired) electrons. The van der Waals surface area contributed by atoms with Crippen LogP contribution in [0.25, 0.3) is 6.08 Å². The van der Waals surface area contributed by atoms with Gasteiger partial charge >= 0.3 is 0 Å². The summed E-state index contributed by atoms with van der Waals surface area (Å²) in [6.07, 6.45) is 3.27. The van der Waals surface area contributed by atoms with Crippen molar-refractivity contribution in [2.45, 2.75) is 27.2 Å². The third-order valence-corrected chi connectivity index (χ3v) is 3.57. The van der Waals surface area contributed by atoms with Crippen molar-refractivity contribution in [2.75, 3.05) is 38.0 Å².